The Kier molecular flexibility index (Phi) is 5.89. The molecule has 1 aromatic rings. The van der Waals surface area contributed by atoms with Crippen LogP contribution >= 0.6 is 0 Å². The van der Waals surface area contributed by atoms with E-state index in [-0.39, 0.29) is 30.2 Å². The first kappa shape index (κ1) is 22.5. The van der Waals surface area contributed by atoms with E-state index >= 15 is 0 Å². The van der Waals surface area contributed by atoms with Crippen LogP contribution < -0.4 is 15.4 Å². The molecule has 9 heteroatoms. The van der Waals surface area contributed by atoms with E-state index in [1.807, 2.05) is 13.8 Å². The van der Waals surface area contributed by atoms with Crippen molar-refractivity contribution in [2.24, 2.45) is 17.8 Å². The lowest BCUT2D eigenvalue weighted by Gasteiger charge is -2.38. The van der Waals surface area contributed by atoms with Gasteiger partial charge in [0.25, 0.3) is 0 Å². The monoisotopic (exact) mass is 445 g/mol. The van der Waals surface area contributed by atoms with Crippen LogP contribution in [-0.4, -0.2) is 72.3 Å². The number of anilines is 1. The minimum Gasteiger partial charge on any atom is -0.497 e. The molecule has 0 aliphatic carbocycles. The number of hydrogen-bond acceptors (Lipinski definition) is 6. The van der Waals surface area contributed by atoms with E-state index in [9.17, 15) is 19.5 Å². The Hall–Kier alpha value is -2.65. The molecule has 0 radical (unpaired) electrons. The van der Waals surface area contributed by atoms with Gasteiger partial charge in [0.15, 0.2) is 0 Å². The quantitative estimate of drug-likeness (QED) is 0.571. The third-order valence-electron chi connectivity index (χ3n) is 7.21. The summed E-state index contributed by atoms with van der Waals surface area (Å²) >= 11 is 0. The van der Waals surface area contributed by atoms with Gasteiger partial charge in [-0.25, -0.2) is 0 Å². The Morgan fingerprint density at radius 3 is 2.53 bits per heavy atom. The van der Waals surface area contributed by atoms with E-state index in [0.717, 1.165) is 0 Å². The second kappa shape index (κ2) is 8.37. The minimum absolute atomic E-state index is 0.0916. The van der Waals surface area contributed by atoms with Crippen molar-refractivity contribution in [2.75, 3.05) is 26.1 Å². The molecule has 3 heterocycles. The van der Waals surface area contributed by atoms with Gasteiger partial charge >= 0.3 is 0 Å². The molecule has 9 nitrogen and oxygen atoms in total. The van der Waals surface area contributed by atoms with Crippen LogP contribution in [0, 0.1) is 17.8 Å². The molecule has 4 rings (SSSR count). The first-order chi connectivity index (χ1) is 15.3. The van der Waals surface area contributed by atoms with Gasteiger partial charge in [-0.05, 0) is 43.0 Å². The first-order valence-corrected chi connectivity index (χ1v) is 11.1. The SMILES string of the molecule is CNC(=O)[C@@H]1[C@H]2C(=O)N([C@@H](CO)C(C)C)C(C(=O)Nc3ccc(OC)cc3)C23CC[C@H]1O3. The number of likely N-dealkylation sites (tertiary alicyclic amines) is 1. The average molecular weight is 446 g/mol. The summed E-state index contributed by atoms with van der Waals surface area (Å²) in [5.74, 6) is -1.77. The highest BCUT2D eigenvalue weighted by atomic mass is 16.5. The number of methoxy groups -OCH3 is 1. The first-order valence-electron chi connectivity index (χ1n) is 11.1. The normalized spacial score (nSPS) is 31.6. The summed E-state index contributed by atoms with van der Waals surface area (Å²) in [4.78, 5) is 41.5. The summed E-state index contributed by atoms with van der Waals surface area (Å²) in [6, 6.07) is 5.40. The standard InChI is InChI=1S/C23H31N3O6/c1-12(2)15(11-27)26-19(21(29)25-13-5-7-14(31-4)8-6-13)23-10-9-16(32-23)17(20(28)24-3)18(23)22(26)30/h5-8,12,15-19,27H,9-11H2,1-4H3,(H,24,28)(H,25,29)/t15-,16+,17-,18-,19?,23?/m0/s1. The summed E-state index contributed by atoms with van der Waals surface area (Å²) < 4.78 is 11.5. The molecule has 1 aromatic carbocycles. The highest BCUT2D eigenvalue weighted by molar-refractivity contribution is 6.03. The Balaban J connectivity index is 1.73. The Morgan fingerprint density at radius 1 is 1.28 bits per heavy atom. The summed E-state index contributed by atoms with van der Waals surface area (Å²) in [7, 11) is 3.10. The zero-order chi connectivity index (χ0) is 23.2. The molecule has 1 spiro atoms. The second-order valence-electron chi connectivity index (χ2n) is 9.13. The second-order valence-corrected chi connectivity index (χ2v) is 9.13. The van der Waals surface area contributed by atoms with Gasteiger partial charge in [-0.3, -0.25) is 14.4 Å². The number of rotatable bonds is 7. The molecule has 3 amide bonds. The average Bonchev–Trinajstić information content (AvgIpc) is 3.42. The molecule has 3 aliphatic heterocycles. The lowest BCUT2D eigenvalue weighted by Crippen LogP contribution is -2.57. The van der Waals surface area contributed by atoms with Crippen molar-refractivity contribution in [3.8, 4) is 5.75 Å². The van der Waals surface area contributed by atoms with Crippen LogP contribution in [0.3, 0.4) is 0 Å². The smallest absolute Gasteiger partial charge is 0.250 e. The van der Waals surface area contributed by atoms with E-state index in [1.165, 1.54) is 11.9 Å². The molecule has 174 valence electrons. The third kappa shape index (κ3) is 3.26. The number of nitrogens with zero attached hydrogens (tertiary/aromatic N) is 1. The molecular weight excluding hydrogens is 414 g/mol. The van der Waals surface area contributed by atoms with Crippen LogP contribution in [0.2, 0.25) is 0 Å². The summed E-state index contributed by atoms with van der Waals surface area (Å²) in [6.07, 6.45) is 0.719. The number of carbonyl (C=O) groups excluding carboxylic acids is 3. The summed E-state index contributed by atoms with van der Waals surface area (Å²) in [6.45, 7) is 3.51. The maximum atomic E-state index is 13.7. The number of aliphatic hydroxyl groups is 1. The molecule has 3 saturated heterocycles. The van der Waals surface area contributed by atoms with Crippen LogP contribution in [0.25, 0.3) is 0 Å². The van der Waals surface area contributed by atoms with Gasteiger partial charge in [0, 0.05) is 12.7 Å². The van der Waals surface area contributed by atoms with Crippen LogP contribution in [0.5, 0.6) is 5.75 Å². The van der Waals surface area contributed by atoms with Gasteiger partial charge < -0.3 is 30.1 Å². The predicted molar refractivity (Wildman–Crippen MR) is 116 cm³/mol. The predicted octanol–water partition coefficient (Wildman–Crippen LogP) is 0.771. The van der Waals surface area contributed by atoms with Gasteiger partial charge in [-0.15, -0.1) is 0 Å². The molecule has 3 N–H and O–H groups in total. The van der Waals surface area contributed by atoms with E-state index < -0.39 is 35.6 Å². The Labute approximate surface area is 187 Å². The van der Waals surface area contributed by atoms with Crippen LogP contribution in [-0.2, 0) is 19.1 Å². The number of amides is 3. The lowest BCUT2D eigenvalue weighted by atomic mass is 9.70. The fourth-order valence-electron chi connectivity index (χ4n) is 5.72. The Bertz CT molecular complexity index is 903. The van der Waals surface area contributed by atoms with Crippen molar-refractivity contribution < 1.29 is 29.0 Å². The topological polar surface area (TPSA) is 117 Å². The van der Waals surface area contributed by atoms with Crippen LogP contribution in [0.4, 0.5) is 5.69 Å². The largest absolute Gasteiger partial charge is 0.497 e. The van der Waals surface area contributed by atoms with Crippen molar-refractivity contribution in [2.45, 2.75) is 50.5 Å². The number of fused-ring (bicyclic) bond motifs is 1. The summed E-state index contributed by atoms with van der Waals surface area (Å²) in [5.41, 5.74) is -0.527. The molecule has 0 aromatic heterocycles. The molecule has 2 unspecified atom stereocenters. The molecule has 6 atom stereocenters. The fourth-order valence-corrected chi connectivity index (χ4v) is 5.72. The maximum Gasteiger partial charge on any atom is 0.250 e. The van der Waals surface area contributed by atoms with E-state index in [1.54, 1.807) is 31.4 Å². The fraction of sp³-hybridized carbons (Fsp3) is 0.609. The van der Waals surface area contributed by atoms with Gasteiger partial charge in [0.2, 0.25) is 17.7 Å². The lowest BCUT2D eigenvalue weighted by molar-refractivity contribution is -0.145. The van der Waals surface area contributed by atoms with Crippen molar-refractivity contribution in [1.82, 2.24) is 10.2 Å². The number of hydrogen-bond donors (Lipinski definition) is 3. The van der Waals surface area contributed by atoms with Crippen LogP contribution in [0.15, 0.2) is 24.3 Å². The highest BCUT2D eigenvalue weighted by Crippen LogP contribution is 2.59. The maximum absolute atomic E-state index is 13.7. The van der Waals surface area contributed by atoms with Crippen molar-refractivity contribution >= 4 is 23.4 Å². The van der Waals surface area contributed by atoms with Crippen molar-refractivity contribution in [1.29, 1.82) is 0 Å². The van der Waals surface area contributed by atoms with E-state index in [2.05, 4.69) is 10.6 Å². The molecule has 2 bridgehead atoms. The number of carbonyl (C=O) groups is 3. The Morgan fingerprint density at radius 2 is 1.97 bits per heavy atom. The highest BCUT2D eigenvalue weighted by Gasteiger charge is 2.75. The van der Waals surface area contributed by atoms with Gasteiger partial charge in [-0.2, -0.15) is 0 Å². The van der Waals surface area contributed by atoms with Crippen LogP contribution in [0.1, 0.15) is 26.7 Å². The zero-order valence-electron chi connectivity index (χ0n) is 18.8. The van der Waals surface area contributed by atoms with Gasteiger partial charge in [0.1, 0.15) is 17.4 Å². The van der Waals surface area contributed by atoms with E-state index in [0.29, 0.717) is 24.3 Å². The van der Waals surface area contributed by atoms with Gasteiger partial charge in [0.05, 0.1) is 37.7 Å². The number of benzene rings is 1. The molecule has 3 fully saturated rings. The zero-order valence-corrected chi connectivity index (χ0v) is 18.8. The minimum atomic E-state index is -1.09. The molecule has 32 heavy (non-hydrogen) atoms. The molecular formula is C23H31N3O6. The molecule has 3 aliphatic rings. The van der Waals surface area contributed by atoms with Gasteiger partial charge in [-0.1, -0.05) is 13.8 Å². The molecule has 0 saturated carbocycles. The number of aliphatic hydroxyl groups excluding tert-OH is 1. The number of ether oxygens (including phenoxy) is 2. The van der Waals surface area contributed by atoms with Crippen molar-refractivity contribution in [3.63, 3.8) is 0 Å². The summed E-state index contributed by atoms with van der Waals surface area (Å²) in [5, 5.41) is 15.7. The van der Waals surface area contributed by atoms with E-state index in [4.69, 9.17) is 9.47 Å². The number of nitrogens with one attached hydrogen (secondary N) is 2. The third-order valence-corrected chi connectivity index (χ3v) is 7.21. The van der Waals surface area contributed by atoms with Crippen molar-refractivity contribution in [3.05, 3.63) is 24.3 Å².